The number of unbranched alkanes of at least 4 members (excludes halogenated alkanes) is 16. The Morgan fingerprint density at radius 3 is 1.55 bits per heavy atom. The zero-order valence-electron chi connectivity index (χ0n) is 39.6. The Kier molecular flexibility index (Phi) is 39.7. The number of phosphoric acid groups is 2. The molecule has 16 nitrogen and oxygen atoms in total. The second-order valence-electron chi connectivity index (χ2n) is 17.1. The molecule has 0 aliphatic rings. The van der Waals surface area contributed by atoms with Crippen molar-refractivity contribution in [2.45, 2.75) is 205 Å². The van der Waals surface area contributed by atoms with E-state index in [4.69, 9.17) is 23.8 Å². The fourth-order valence-corrected chi connectivity index (χ4v) is 7.60. The van der Waals surface area contributed by atoms with Gasteiger partial charge in [-0.05, 0) is 31.6 Å². The van der Waals surface area contributed by atoms with Gasteiger partial charge in [0.25, 0.3) is 0 Å². The Bertz CT molecular complexity index is 1400. The minimum Gasteiger partial charge on any atom is -0.462 e. The number of aliphatic hydroxyl groups excluding tert-OH is 4. The van der Waals surface area contributed by atoms with E-state index < -0.39 is 84.5 Å². The number of carbonyl (C=O) groups is 2. The molecule has 6 atom stereocenters. The third-order valence-electron chi connectivity index (χ3n) is 10.3. The van der Waals surface area contributed by atoms with Gasteiger partial charge in [0.1, 0.15) is 12.7 Å². The molecule has 0 heterocycles. The zero-order valence-corrected chi connectivity index (χ0v) is 41.4. The van der Waals surface area contributed by atoms with Crippen molar-refractivity contribution in [2.75, 3.05) is 26.4 Å². The molecular formula is C47H86O16P2. The number of rotatable bonds is 44. The van der Waals surface area contributed by atoms with Crippen LogP contribution in [0.15, 0.2) is 48.6 Å². The quantitative estimate of drug-likeness (QED) is 0.0130. The maximum absolute atomic E-state index is 12.7. The van der Waals surface area contributed by atoms with Crippen molar-refractivity contribution in [1.82, 2.24) is 0 Å². The van der Waals surface area contributed by atoms with Crippen molar-refractivity contribution >= 4 is 27.6 Å². The van der Waals surface area contributed by atoms with E-state index in [0.717, 1.165) is 57.3 Å². The first-order valence-corrected chi connectivity index (χ1v) is 27.0. The molecule has 0 radical (unpaired) electrons. The topological polar surface area (TPSA) is 256 Å². The molecule has 0 aromatic carbocycles. The second kappa shape index (κ2) is 41.0. The number of aliphatic hydroxyl groups is 4. The monoisotopic (exact) mass is 969 g/mol. The van der Waals surface area contributed by atoms with Gasteiger partial charge in [-0.25, -0.2) is 9.13 Å². The Balaban J connectivity index is 4.75. The van der Waals surface area contributed by atoms with Gasteiger partial charge >= 0.3 is 27.6 Å². The molecule has 380 valence electrons. The Morgan fingerprint density at radius 1 is 0.523 bits per heavy atom. The van der Waals surface area contributed by atoms with E-state index in [2.05, 4.69) is 29.8 Å². The van der Waals surface area contributed by atoms with Gasteiger partial charge in [-0.2, -0.15) is 0 Å². The molecule has 0 aromatic heterocycles. The van der Waals surface area contributed by atoms with Crippen LogP contribution in [0.5, 0.6) is 0 Å². The molecule has 7 N–H and O–H groups in total. The van der Waals surface area contributed by atoms with E-state index in [9.17, 15) is 44.0 Å². The van der Waals surface area contributed by atoms with E-state index >= 15 is 0 Å². The Labute approximate surface area is 389 Å². The Hall–Kier alpha value is -2.04. The highest BCUT2D eigenvalue weighted by Crippen LogP contribution is 2.44. The lowest BCUT2D eigenvalue weighted by Gasteiger charge is -2.21. The molecule has 0 aromatic rings. The number of phosphoric ester groups is 2. The Morgan fingerprint density at radius 2 is 1.00 bits per heavy atom. The summed E-state index contributed by atoms with van der Waals surface area (Å²) in [4.78, 5) is 52.9. The molecule has 65 heavy (non-hydrogen) atoms. The summed E-state index contributed by atoms with van der Waals surface area (Å²) < 4.78 is 47.6. The van der Waals surface area contributed by atoms with Crippen molar-refractivity contribution in [2.24, 2.45) is 5.92 Å². The number of carbonyl (C=O) groups excluding carboxylic acids is 2. The van der Waals surface area contributed by atoms with Gasteiger partial charge in [-0.15, -0.1) is 0 Å². The van der Waals surface area contributed by atoms with Gasteiger partial charge in [0, 0.05) is 12.8 Å². The first-order chi connectivity index (χ1) is 30.9. The molecule has 0 aliphatic carbocycles. The maximum Gasteiger partial charge on any atom is 0.472 e. The summed E-state index contributed by atoms with van der Waals surface area (Å²) in [6.07, 6.45) is 30.4. The van der Waals surface area contributed by atoms with Gasteiger partial charge in [0.05, 0.1) is 38.1 Å². The van der Waals surface area contributed by atoms with E-state index in [1.807, 2.05) is 0 Å². The van der Waals surface area contributed by atoms with Crippen LogP contribution in [-0.4, -0.2) is 104 Å². The van der Waals surface area contributed by atoms with E-state index in [1.165, 1.54) is 76.7 Å². The van der Waals surface area contributed by atoms with Gasteiger partial charge in [-0.1, -0.05) is 185 Å². The number of hydrogen-bond acceptors (Lipinski definition) is 13. The van der Waals surface area contributed by atoms with Crippen LogP contribution in [0.3, 0.4) is 0 Å². The third-order valence-corrected chi connectivity index (χ3v) is 11.7. The van der Waals surface area contributed by atoms with Gasteiger partial charge < -0.3 is 44.6 Å². The van der Waals surface area contributed by atoms with Gasteiger partial charge in [0.15, 0.2) is 6.10 Å². The minimum atomic E-state index is -4.91. The summed E-state index contributed by atoms with van der Waals surface area (Å²) in [7, 11) is -9.82. The van der Waals surface area contributed by atoms with E-state index in [0.29, 0.717) is 6.42 Å². The lowest BCUT2D eigenvalue weighted by atomic mass is 10.0. The highest BCUT2D eigenvalue weighted by molar-refractivity contribution is 7.47. The minimum absolute atomic E-state index is 0.0262. The van der Waals surface area contributed by atoms with Crippen LogP contribution in [0.4, 0.5) is 0 Å². The second-order valence-corrected chi connectivity index (χ2v) is 19.8. The van der Waals surface area contributed by atoms with Crippen molar-refractivity contribution in [1.29, 1.82) is 0 Å². The predicted octanol–water partition coefficient (Wildman–Crippen LogP) is 9.39. The zero-order chi connectivity index (χ0) is 48.6. The van der Waals surface area contributed by atoms with Crippen LogP contribution < -0.4 is 0 Å². The molecule has 1 unspecified atom stereocenters. The highest BCUT2D eigenvalue weighted by atomic mass is 31.2. The van der Waals surface area contributed by atoms with Crippen LogP contribution in [0.1, 0.15) is 175 Å². The third kappa shape index (κ3) is 44.2. The number of ether oxygens (including phenoxy) is 2. The van der Waals surface area contributed by atoms with Crippen molar-refractivity contribution in [3.63, 3.8) is 0 Å². The van der Waals surface area contributed by atoms with Crippen LogP contribution in [0, 0.1) is 5.92 Å². The molecule has 0 spiro atoms. The molecule has 0 bridgehead atoms. The number of hydrogen-bond donors (Lipinski definition) is 7. The molecule has 0 saturated carbocycles. The maximum atomic E-state index is 12.7. The highest BCUT2D eigenvalue weighted by Gasteiger charge is 2.28. The largest absolute Gasteiger partial charge is 0.472 e. The summed E-state index contributed by atoms with van der Waals surface area (Å²) in [6, 6.07) is 0. The SMILES string of the molecule is CCCCC[C@H](O)/C=C/C=C\C=C\C=C\[C@H](O)[C@@H](O)CCCC(=O)O[C@H](COC(=O)CCCCCCCCCCCCCCCCCC(C)C)COP(=O)(O)OC[C@@H](O)COP(=O)(O)O. The normalized spacial score (nSPS) is 15.9. The molecule has 0 aliphatic heterocycles. The molecule has 18 heteroatoms. The van der Waals surface area contributed by atoms with Crippen molar-refractivity contribution in [3.05, 3.63) is 48.6 Å². The molecule has 0 fully saturated rings. The summed E-state index contributed by atoms with van der Waals surface area (Å²) in [5.41, 5.74) is 0. The van der Waals surface area contributed by atoms with Gasteiger partial charge in [-0.3, -0.25) is 23.2 Å². The fourth-order valence-electron chi connectivity index (χ4n) is 6.45. The first-order valence-electron chi connectivity index (χ1n) is 24.0. The predicted molar refractivity (Wildman–Crippen MR) is 252 cm³/mol. The lowest BCUT2D eigenvalue weighted by molar-refractivity contribution is -0.161. The summed E-state index contributed by atoms with van der Waals surface area (Å²) in [6.45, 7) is 3.61. The number of esters is 2. The molecule has 0 amide bonds. The van der Waals surface area contributed by atoms with Crippen molar-refractivity contribution in [3.8, 4) is 0 Å². The standard InChI is InChI=1S/C47H86O16P2/c1-4-5-23-30-41(48)31-25-20-17-18-21-26-32-44(50)45(51)33-28-35-47(53)63-43(39-62-65(57,58)61-37-42(49)36-60-64(54,55)56)38-59-46(52)34-27-22-16-14-12-10-8-6-7-9-11-13-15-19-24-29-40(2)3/h17-18,20-21,25-26,31-32,40-45,48-51H,4-16,19,22-24,27-30,33-39H2,1-3H3,(H,57,58)(H2,54,55,56)/b20-17-,21-18+,31-25+,32-26+/t41-,42-,43+,44-,45-/m0/s1. The molecular weight excluding hydrogens is 882 g/mol. The van der Waals surface area contributed by atoms with E-state index in [-0.39, 0.29) is 25.7 Å². The summed E-state index contributed by atoms with van der Waals surface area (Å²) >= 11 is 0. The molecule has 0 rings (SSSR count). The van der Waals surface area contributed by atoms with Gasteiger partial charge in [0.2, 0.25) is 0 Å². The lowest BCUT2D eigenvalue weighted by Crippen LogP contribution is -2.30. The van der Waals surface area contributed by atoms with Crippen LogP contribution in [-0.2, 0) is 41.8 Å². The van der Waals surface area contributed by atoms with Crippen LogP contribution in [0.2, 0.25) is 0 Å². The van der Waals surface area contributed by atoms with Crippen LogP contribution in [0.25, 0.3) is 0 Å². The van der Waals surface area contributed by atoms with Crippen molar-refractivity contribution < 1.29 is 76.9 Å². The summed E-state index contributed by atoms with van der Waals surface area (Å²) in [5.74, 6) is -0.554. The average Bonchev–Trinajstić information content (AvgIpc) is 3.24. The summed E-state index contributed by atoms with van der Waals surface area (Å²) in [5, 5.41) is 40.3. The number of allylic oxidation sites excluding steroid dienone is 6. The van der Waals surface area contributed by atoms with E-state index in [1.54, 1.807) is 42.5 Å². The molecule has 0 saturated heterocycles. The van der Waals surface area contributed by atoms with Crippen LogP contribution >= 0.6 is 15.6 Å². The smallest absolute Gasteiger partial charge is 0.462 e. The average molecular weight is 969 g/mol. The first kappa shape index (κ1) is 63.0. The fraction of sp³-hybridized carbons (Fsp3) is 0.787.